The number of hydrogen-bond donors (Lipinski definition) is 1. The van der Waals surface area contributed by atoms with Crippen LogP contribution in [0.1, 0.15) is 40.0 Å². The molecule has 0 bridgehead atoms. The number of piperidine rings is 1. The minimum atomic E-state index is 0.143. The van der Waals surface area contributed by atoms with E-state index in [1.54, 1.807) is 0 Å². The Morgan fingerprint density at radius 1 is 1.60 bits per heavy atom. The molecule has 3 unspecified atom stereocenters. The smallest absolute Gasteiger partial charge is 0.225 e. The number of carbonyl (C=O) groups is 1. The van der Waals surface area contributed by atoms with Gasteiger partial charge in [-0.3, -0.25) is 4.79 Å². The number of nitrogens with zero attached hydrogens (tertiary/aromatic N) is 1. The van der Waals surface area contributed by atoms with Crippen molar-refractivity contribution in [2.45, 2.75) is 46.1 Å². The molecule has 1 fully saturated rings. The van der Waals surface area contributed by atoms with Crippen LogP contribution in [-0.2, 0) is 4.79 Å². The molecule has 0 aliphatic carbocycles. The van der Waals surface area contributed by atoms with Crippen LogP contribution in [0.2, 0.25) is 0 Å². The molecule has 0 aromatic carbocycles. The Morgan fingerprint density at radius 3 is 2.80 bits per heavy atom. The molecule has 88 valence electrons. The van der Waals surface area contributed by atoms with Gasteiger partial charge in [0.25, 0.3) is 0 Å². The number of amides is 1. The van der Waals surface area contributed by atoms with Crippen molar-refractivity contribution in [3.8, 4) is 0 Å². The highest BCUT2D eigenvalue weighted by molar-refractivity contribution is 5.78. The van der Waals surface area contributed by atoms with Gasteiger partial charge in [0.15, 0.2) is 0 Å². The maximum absolute atomic E-state index is 12.1. The van der Waals surface area contributed by atoms with E-state index in [0.717, 1.165) is 19.4 Å². The molecule has 15 heavy (non-hydrogen) atoms. The van der Waals surface area contributed by atoms with Crippen molar-refractivity contribution in [1.29, 1.82) is 0 Å². The van der Waals surface area contributed by atoms with E-state index >= 15 is 0 Å². The average Bonchev–Trinajstić information content (AvgIpc) is 2.26. The molecule has 1 amide bonds. The molecule has 3 heteroatoms. The summed E-state index contributed by atoms with van der Waals surface area (Å²) in [6, 6.07) is 0.264. The normalized spacial score (nSPS) is 28.9. The fraction of sp³-hybridized carbons (Fsp3) is 0.917. The summed E-state index contributed by atoms with van der Waals surface area (Å²) in [5.74, 6) is 0.987. The van der Waals surface area contributed by atoms with Crippen molar-refractivity contribution in [3.05, 3.63) is 0 Å². The average molecular weight is 212 g/mol. The van der Waals surface area contributed by atoms with Crippen molar-refractivity contribution < 1.29 is 4.79 Å². The Labute approximate surface area is 93.0 Å². The molecule has 3 nitrogen and oxygen atoms in total. The van der Waals surface area contributed by atoms with Crippen molar-refractivity contribution in [2.24, 2.45) is 17.6 Å². The van der Waals surface area contributed by atoms with Gasteiger partial charge >= 0.3 is 0 Å². The fourth-order valence-electron chi connectivity index (χ4n) is 2.34. The monoisotopic (exact) mass is 212 g/mol. The minimum Gasteiger partial charge on any atom is -0.338 e. The lowest BCUT2D eigenvalue weighted by Crippen LogP contribution is -2.52. The second-order valence-electron chi connectivity index (χ2n) is 4.76. The van der Waals surface area contributed by atoms with Crippen molar-refractivity contribution in [1.82, 2.24) is 4.90 Å². The number of likely N-dealkylation sites (tertiary alicyclic amines) is 1. The van der Waals surface area contributed by atoms with Crippen LogP contribution in [0.25, 0.3) is 0 Å². The summed E-state index contributed by atoms with van der Waals surface area (Å²) >= 11 is 0. The van der Waals surface area contributed by atoms with Gasteiger partial charge in [-0.2, -0.15) is 0 Å². The maximum Gasteiger partial charge on any atom is 0.225 e. The van der Waals surface area contributed by atoms with E-state index in [2.05, 4.69) is 13.8 Å². The lowest BCUT2D eigenvalue weighted by atomic mass is 9.89. The molecular weight excluding hydrogens is 188 g/mol. The zero-order chi connectivity index (χ0) is 11.4. The Kier molecular flexibility index (Phi) is 4.58. The van der Waals surface area contributed by atoms with Crippen molar-refractivity contribution >= 4 is 5.91 Å². The molecule has 0 radical (unpaired) electrons. The molecule has 0 aromatic heterocycles. The van der Waals surface area contributed by atoms with Gasteiger partial charge in [0.2, 0.25) is 5.91 Å². The third kappa shape index (κ3) is 2.71. The predicted octanol–water partition coefficient (Wildman–Crippen LogP) is 1.62. The summed E-state index contributed by atoms with van der Waals surface area (Å²) in [7, 11) is 0. The van der Waals surface area contributed by atoms with Crippen LogP contribution in [-0.4, -0.2) is 29.9 Å². The summed E-state index contributed by atoms with van der Waals surface area (Å²) in [4.78, 5) is 14.1. The van der Waals surface area contributed by atoms with Crippen LogP contribution < -0.4 is 5.73 Å². The molecule has 1 saturated heterocycles. The van der Waals surface area contributed by atoms with Crippen molar-refractivity contribution in [2.75, 3.05) is 13.1 Å². The first-order chi connectivity index (χ1) is 7.11. The zero-order valence-corrected chi connectivity index (χ0v) is 10.2. The molecule has 2 N–H and O–H groups in total. The number of hydrogen-bond acceptors (Lipinski definition) is 2. The summed E-state index contributed by atoms with van der Waals surface area (Å²) in [5, 5.41) is 0. The Balaban J connectivity index is 2.69. The van der Waals surface area contributed by atoms with Crippen LogP contribution in [0.15, 0.2) is 0 Å². The van der Waals surface area contributed by atoms with E-state index in [0.29, 0.717) is 18.4 Å². The highest BCUT2D eigenvalue weighted by Gasteiger charge is 2.32. The largest absolute Gasteiger partial charge is 0.338 e. The summed E-state index contributed by atoms with van der Waals surface area (Å²) in [6.45, 7) is 7.77. The lowest BCUT2D eigenvalue weighted by Gasteiger charge is -2.40. The quantitative estimate of drug-likeness (QED) is 0.772. The molecule has 3 atom stereocenters. The highest BCUT2D eigenvalue weighted by atomic mass is 16.2. The number of rotatable bonds is 3. The van der Waals surface area contributed by atoms with E-state index in [-0.39, 0.29) is 12.0 Å². The van der Waals surface area contributed by atoms with Crippen LogP contribution in [0.4, 0.5) is 0 Å². The second kappa shape index (κ2) is 5.50. The lowest BCUT2D eigenvalue weighted by molar-refractivity contribution is -0.140. The maximum atomic E-state index is 12.1. The second-order valence-corrected chi connectivity index (χ2v) is 4.76. The Hall–Kier alpha value is -0.570. The zero-order valence-electron chi connectivity index (χ0n) is 10.2. The first-order valence-electron chi connectivity index (χ1n) is 6.12. The van der Waals surface area contributed by atoms with E-state index < -0.39 is 0 Å². The minimum absolute atomic E-state index is 0.143. The van der Waals surface area contributed by atoms with Gasteiger partial charge in [0.05, 0.1) is 0 Å². The number of nitrogens with two attached hydrogens (primary N) is 1. The standard InChI is InChI=1S/C12H24N2O/c1-4-9(2)12(15)14-7-5-6-10(3)11(14)8-13/h9-11H,4-8,13H2,1-3H3. The van der Waals surface area contributed by atoms with E-state index in [1.807, 2.05) is 11.8 Å². The van der Waals surface area contributed by atoms with Gasteiger partial charge < -0.3 is 10.6 Å². The van der Waals surface area contributed by atoms with Gasteiger partial charge in [0.1, 0.15) is 0 Å². The van der Waals surface area contributed by atoms with Gasteiger partial charge in [-0.15, -0.1) is 0 Å². The summed E-state index contributed by atoms with van der Waals surface area (Å²) in [5.41, 5.74) is 5.77. The topological polar surface area (TPSA) is 46.3 Å². The number of carbonyl (C=O) groups excluding carboxylic acids is 1. The summed E-state index contributed by atoms with van der Waals surface area (Å²) in [6.07, 6.45) is 3.24. The van der Waals surface area contributed by atoms with Gasteiger partial charge in [-0.25, -0.2) is 0 Å². The first kappa shape index (κ1) is 12.5. The molecule has 0 saturated carbocycles. The molecule has 1 aliphatic heterocycles. The predicted molar refractivity (Wildman–Crippen MR) is 62.4 cm³/mol. The molecule has 1 rings (SSSR count). The molecule has 0 spiro atoms. The van der Waals surface area contributed by atoms with Crippen LogP contribution in [0.3, 0.4) is 0 Å². The van der Waals surface area contributed by atoms with E-state index in [9.17, 15) is 4.79 Å². The molecule has 1 aliphatic rings. The third-order valence-electron chi connectivity index (χ3n) is 3.67. The molecular formula is C12H24N2O. The Morgan fingerprint density at radius 2 is 2.27 bits per heavy atom. The fourth-order valence-corrected chi connectivity index (χ4v) is 2.34. The van der Waals surface area contributed by atoms with Crippen molar-refractivity contribution in [3.63, 3.8) is 0 Å². The van der Waals surface area contributed by atoms with Gasteiger partial charge in [-0.05, 0) is 25.2 Å². The third-order valence-corrected chi connectivity index (χ3v) is 3.67. The first-order valence-corrected chi connectivity index (χ1v) is 6.12. The SMILES string of the molecule is CCC(C)C(=O)N1CCCC(C)C1CN. The van der Waals surface area contributed by atoms with Crippen LogP contribution in [0.5, 0.6) is 0 Å². The Bertz CT molecular complexity index is 218. The van der Waals surface area contributed by atoms with E-state index in [4.69, 9.17) is 5.73 Å². The van der Waals surface area contributed by atoms with Crippen LogP contribution >= 0.6 is 0 Å². The highest BCUT2D eigenvalue weighted by Crippen LogP contribution is 2.24. The summed E-state index contributed by atoms with van der Waals surface area (Å²) < 4.78 is 0. The van der Waals surface area contributed by atoms with Gasteiger partial charge in [0, 0.05) is 25.0 Å². The molecule has 0 aromatic rings. The van der Waals surface area contributed by atoms with E-state index in [1.165, 1.54) is 6.42 Å². The van der Waals surface area contributed by atoms with Gasteiger partial charge in [-0.1, -0.05) is 20.8 Å². The van der Waals surface area contributed by atoms with Crippen LogP contribution in [0, 0.1) is 11.8 Å². The molecule has 1 heterocycles.